The van der Waals surface area contributed by atoms with Gasteiger partial charge in [0.2, 0.25) is 0 Å². The van der Waals surface area contributed by atoms with Gasteiger partial charge in [-0.1, -0.05) is 18.2 Å². The molecule has 0 radical (unpaired) electrons. The Kier molecular flexibility index (Phi) is 4.22. The van der Waals surface area contributed by atoms with E-state index in [0.29, 0.717) is 5.56 Å². The summed E-state index contributed by atoms with van der Waals surface area (Å²) in [6.07, 6.45) is -3.31. The summed E-state index contributed by atoms with van der Waals surface area (Å²) in [5.41, 5.74) is -0.138. The van der Waals surface area contributed by atoms with Gasteiger partial charge in [-0.15, -0.1) is 0 Å². The maximum absolute atomic E-state index is 13.0. The standard InChI is InChI=1S/C13H16F3NS/c1-17-12(9-6-7-18-8-9)10-4-2-3-5-11(10)13(14,15)16/h2-5,9,12,17H,6-8H2,1H3. The van der Waals surface area contributed by atoms with Crippen LogP contribution in [0.5, 0.6) is 0 Å². The first kappa shape index (κ1) is 13.7. The third kappa shape index (κ3) is 2.83. The van der Waals surface area contributed by atoms with Gasteiger partial charge in [0.25, 0.3) is 0 Å². The van der Waals surface area contributed by atoms with Crippen molar-refractivity contribution in [3.8, 4) is 0 Å². The van der Waals surface area contributed by atoms with Gasteiger partial charge in [-0.3, -0.25) is 0 Å². The molecule has 1 heterocycles. The van der Waals surface area contributed by atoms with Crippen LogP contribution in [0.3, 0.4) is 0 Å². The van der Waals surface area contributed by atoms with Crippen LogP contribution < -0.4 is 5.32 Å². The van der Waals surface area contributed by atoms with Gasteiger partial charge < -0.3 is 5.32 Å². The Morgan fingerprint density at radius 2 is 2.06 bits per heavy atom. The average molecular weight is 275 g/mol. The van der Waals surface area contributed by atoms with Crippen LogP contribution in [0.2, 0.25) is 0 Å². The van der Waals surface area contributed by atoms with Crippen molar-refractivity contribution in [3.05, 3.63) is 35.4 Å². The molecule has 18 heavy (non-hydrogen) atoms. The van der Waals surface area contributed by atoms with Crippen LogP contribution in [0.4, 0.5) is 13.2 Å². The van der Waals surface area contributed by atoms with E-state index >= 15 is 0 Å². The summed E-state index contributed by atoms with van der Waals surface area (Å²) < 4.78 is 39.0. The quantitative estimate of drug-likeness (QED) is 0.902. The number of alkyl halides is 3. The van der Waals surface area contributed by atoms with E-state index in [2.05, 4.69) is 5.32 Å². The lowest BCUT2D eigenvalue weighted by atomic mass is 9.89. The summed E-state index contributed by atoms with van der Waals surface area (Å²) in [7, 11) is 1.74. The molecule has 1 nitrogen and oxygen atoms in total. The molecule has 2 unspecified atom stereocenters. The van der Waals surface area contributed by atoms with Crippen molar-refractivity contribution >= 4 is 11.8 Å². The van der Waals surface area contributed by atoms with Crippen molar-refractivity contribution in [3.63, 3.8) is 0 Å². The lowest BCUT2D eigenvalue weighted by Crippen LogP contribution is -2.27. The fraction of sp³-hybridized carbons (Fsp3) is 0.538. The highest BCUT2D eigenvalue weighted by molar-refractivity contribution is 7.99. The van der Waals surface area contributed by atoms with Crippen molar-refractivity contribution < 1.29 is 13.2 Å². The van der Waals surface area contributed by atoms with Crippen LogP contribution in [-0.4, -0.2) is 18.6 Å². The van der Waals surface area contributed by atoms with E-state index in [1.54, 1.807) is 19.2 Å². The van der Waals surface area contributed by atoms with E-state index in [4.69, 9.17) is 0 Å². The predicted octanol–water partition coefficient (Wildman–Crippen LogP) is 3.72. The fourth-order valence-electron chi connectivity index (χ4n) is 2.49. The summed E-state index contributed by atoms with van der Waals surface area (Å²) in [4.78, 5) is 0. The number of hydrogen-bond donors (Lipinski definition) is 1. The number of halogens is 3. The van der Waals surface area contributed by atoms with Gasteiger partial charge in [0.1, 0.15) is 0 Å². The molecule has 1 aliphatic heterocycles. The number of nitrogens with one attached hydrogen (secondary N) is 1. The Bertz CT molecular complexity index is 399. The minimum absolute atomic E-state index is 0.210. The molecule has 0 bridgehead atoms. The Balaban J connectivity index is 2.35. The summed E-state index contributed by atoms with van der Waals surface area (Å²) in [5.74, 6) is 2.25. The first-order valence-electron chi connectivity index (χ1n) is 5.95. The van der Waals surface area contributed by atoms with Crippen LogP contribution in [0.15, 0.2) is 24.3 Å². The molecular formula is C13H16F3NS. The second-order valence-corrected chi connectivity index (χ2v) is 5.62. The highest BCUT2D eigenvalue weighted by atomic mass is 32.2. The maximum atomic E-state index is 13.0. The summed E-state index contributed by atoms with van der Waals surface area (Å²) in [6.45, 7) is 0. The number of rotatable bonds is 3. The van der Waals surface area contributed by atoms with Crippen molar-refractivity contribution in [2.24, 2.45) is 5.92 Å². The largest absolute Gasteiger partial charge is 0.416 e. The normalized spacial score (nSPS) is 22.1. The Labute approximate surface area is 109 Å². The predicted molar refractivity (Wildman–Crippen MR) is 68.7 cm³/mol. The van der Waals surface area contributed by atoms with Crippen molar-refractivity contribution in [2.75, 3.05) is 18.6 Å². The average Bonchev–Trinajstić information content (AvgIpc) is 2.83. The molecular weight excluding hydrogens is 259 g/mol. The van der Waals surface area contributed by atoms with E-state index in [1.807, 2.05) is 11.8 Å². The highest BCUT2D eigenvalue weighted by Gasteiger charge is 2.37. The highest BCUT2D eigenvalue weighted by Crippen LogP contribution is 2.40. The Hall–Kier alpha value is -0.680. The van der Waals surface area contributed by atoms with E-state index in [9.17, 15) is 13.2 Å². The minimum Gasteiger partial charge on any atom is -0.313 e. The van der Waals surface area contributed by atoms with Gasteiger partial charge in [-0.2, -0.15) is 24.9 Å². The fourth-order valence-corrected chi connectivity index (χ4v) is 3.79. The molecule has 0 aliphatic carbocycles. The lowest BCUT2D eigenvalue weighted by molar-refractivity contribution is -0.138. The first-order chi connectivity index (χ1) is 8.54. The molecule has 1 aromatic rings. The zero-order chi connectivity index (χ0) is 13.2. The molecule has 2 rings (SSSR count). The van der Waals surface area contributed by atoms with Gasteiger partial charge >= 0.3 is 6.18 Å². The summed E-state index contributed by atoms with van der Waals surface area (Å²) in [5, 5.41) is 3.06. The van der Waals surface area contributed by atoms with Crippen molar-refractivity contribution in [1.29, 1.82) is 0 Å². The van der Waals surface area contributed by atoms with Crippen LogP contribution in [0.25, 0.3) is 0 Å². The van der Waals surface area contributed by atoms with Gasteiger partial charge in [0, 0.05) is 6.04 Å². The minimum atomic E-state index is -4.28. The molecule has 1 aliphatic rings. The molecule has 0 saturated carbocycles. The van der Waals surface area contributed by atoms with Gasteiger partial charge in [-0.05, 0) is 42.5 Å². The second kappa shape index (κ2) is 5.53. The summed E-state index contributed by atoms with van der Waals surface area (Å²) >= 11 is 1.81. The summed E-state index contributed by atoms with van der Waals surface area (Å²) in [6, 6.07) is 5.67. The zero-order valence-electron chi connectivity index (χ0n) is 10.1. The molecule has 0 aromatic heterocycles. The van der Waals surface area contributed by atoms with Crippen LogP contribution >= 0.6 is 11.8 Å². The Morgan fingerprint density at radius 3 is 2.61 bits per heavy atom. The van der Waals surface area contributed by atoms with Gasteiger partial charge in [-0.25, -0.2) is 0 Å². The second-order valence-electron chi connectivity index (χ2n) is 4.48. The molecule has 1 fully saturated rings. The third-order valence-electron chi connectivity index (χ3n) is 3.35. The topological polar surface area (TPSA) is 12.0 Å². The monoisotopic (exact) mass is 275 g/mol. The first-order valence-corrected chi connectivity index (χ1v) is 7.10. The molecule has 0 spiro atoms. The van der Waals surface area contributed by atoms with E-state index < -0.39 is 11.7 Å². The van der Waals surface area contributed by atoms with E-state index in [0.717, 1.165) is 17.9 Å². The van der Waals surface area contributed by atoms with Gasteiger partial charge in [0.15, 0.2) is 0 Å². The van der Waals surface area contributed by atoms with E-state index in [-0.39, 0.29) is 12.0 Å². The molecule has 2 atom stereocenters. The van der Waals surface area contributed by atoms with Crippen molar-refractivity contribution in [2.45, 2.75) is 18.6 Å². The number of thioether (sulfide) groups is 1. The van der Waals surface area contributed by atoms with Crippen LogP contribution in [0.1, 0.15) is 23.6 Å². The smallest absolute Gasteiger partial charge is 0.313 e. The van der Waals surface area contributed by atoms with Crippen molar-refractivity contribution in [1.82, 2.24) is 5.32 Å². The SMILES string of the molecule is CNC(c1ccccc1C(F)(F)F)C1CCSC1. The lowest BCUT2D eigenvalue weighted by Gasteiger charge is -2.26. The molecule has 1 N–H and O–H groups in total. The van der Waals surface area contributed by atoms with Crippen LogP contribution in [0, 0.1) is 5.92 Å². The third-order valence-corrected chi connectivity index (χ3v) is 4.54. The molecule has 100 valence electrons. The zero-order valence-corrected chi connectivity index (χ0v) is 10.9. The Morgan fingerprint density at radius 1 is 1.33 bits per heavy atom. The van der Waals surface area contributed by atoms with Crippen LogP contribution in [-0.2, 0) is 6.18 Å². The molecule has 1 saturated heterocycles. The molecule has 5 heteroatoms. The van der Waals surface area contributed by atoms with E-state index in [1.165, 1.54) is 12.1 Å². The number of benzene rings is 1. The number of hydrogen-bond acceptors (Lipinski definition) is 2. The van der Waals surface area contributed by atoms with Gasteiger partial charge in [0.05, 0.1) is 5.56 Å². The molecule has 0 amide bonds. The molecule has 1 aromatic carbocycles. The maximum Gasteiger partial charge on any atom is 0.416 e.